The van der Waals surface area contributed by atoms with Gasteiger partial charge in [0.15, 0.2) is 5.11 Å². The Morgan fingerprint density at radius 3 is 2.41 bits per heavy atom. The maximum Gasteiger partial charge on any atom is 0.281 e. The van der Waals surface area contributed by atoms with Gasteiger partial charge in [-0.25, -0.2) is 8.78 Å². The van der Waals surface area contributed by atoms with Gasteiger partial charge >= 0.3 is 0 Å². The van der Waals surface area contributed by atoms with Crippen LogP contribution in [0.4, 0.5) is 14.5 Å². The van der Waals surface area contributed by atoms with Gasteiger partial charge in [0.2, 0.25) is 0 Å². The lowest BCUT2D eigenvalue weighted by Gasteiger charge is -2.13. The van der Waals surface area contributed by atoms with Gasteiger partial charge in [-0.2, -0.15) is 0 Å². The maximum absolute atomic E-state index is 13.7. The van der Waals surface area contributed by atoms with Crippen LogP contribution in [0.1, 0.15) is 5.56 Å². The molecule has 1 aliphatic heterocycles. The molecule has 0 aromatic heterocycles. The van der Waals surface area contributed by atoms with Crippen LogP contribution >= 0.6 is 12.2 Å². The second-order valence-corrected chi connectivity index (χ2v) is 5.01. The van der Waals surface area contributed by atoms with E-state index in [2.05, 4.69) is 5.32 Å². The Morgan fingerprint density at radius 2 is 1.73 bits per heavy atom. The fourth-order valence-electron chi connectivity index (χ4n) is 2.11. The maximum atomic E-state index is 13.7. The fourth-order valence-corrected chi connectivity index (χ4v) is 2.41. The molecule has 2 aromatic carbocycles. The Morgan fingerprint density at radius 1 is 1.05 bits per heavy atom. The number of hydrogen-bond donors (Lipinski definition) is 1. The van der Waals surface area contributed by atoms with Crippen LogP contribution in [0.3, 0.4) is 0 Å². The highest BCUT2D eigenvalue weighted by Crippen LogP contribution is 2.23. The van der Waals surface area contributed by atoms with Crippen molar-refractivity contribution in [1.82, 2.24) is 5.32 Å². The van der Waals surface area contributed by atoms with Crippen LogP contribution in [0, 0.1) is 11.6 Å². The minimum absolute atomic E-state index is 0.166. The molecule has 0 aliphatic carbocycles. The van der Waals surface area contributed by atoms with Crippen LogP contribution < -0.4 is 10.2 Å². The molecule has 3 nitrogen and oxygen atoms in total. The summed E-state index contributed by atoms with van der Waals surface area (Å²) in [4.78, 5) is 13.6. The number of carbonyl (C=O) groups excluding carboxylic acids is 1. The fraction of sp³-hybridized carbons (Fsp3) is 0. The summed E-state index contributed by atoms with van der Waals surface area (Å²) in [5.41, 5.74) is 0.891. The Bertz CT molecular complexity index is 787. The van der Waals surface area contributed by atoms with E-state index in [-0.39, 0.29) is 16.4 Å². The van der Waals surface area contributed by atoms with Crippen molar-refractivity contribution in [2.45, 2.75) is 0 Å². The molecular weight excluding hydrogens is 306 g/mol. The summed E-state index contributed by atoms with van der Waals surface area (Å²) in [5.74, 6) is -1.26. The third-order valence-corrected chi connectivity index (χ3v) is 3.45. The van der Waals surface area contributed by atoms with Crippen molar-refractivity contribution in [3.8, 4) is 0 Å². The third kappa shape index (κ3) is 2.60. The van der Waals surface area contributed by atoms with E-state index < -0.39 is 17.5 Å². The number of carbonyl (C=O) groups is 1. The minimum atomic E-state index is -0.434. The van der Waals surface area contributed by atoms with Crippen LogP contribution in [0.25, 0.3) is 6.08 Å². The zero-order valence-corrected chi connectivity index (χ0v) is 12.0. The highest BCUT2D eigenvalue weighted by molar-refractivity contribution is 7.80. The number of hydrogen-bond acceptors (Lipinski definition) is 2. The minimum Gasteiger partial charge on any atom is -0.327 e. The lowest BCUT2D eigenvalue weighted by Crippen LogP contribution is -2.30. The molecule has 0 saturated carbocycles. The van der Waals surface area contributed by atoms with E-state index in [0.29, 0.717) is 5.69 Å². The summed E-state index contributed by atoms with van der Waals surface area (Å²) < 4.78 is 26.6. The van der Waals surface area contributed by atoms with Crippen molar-refractivity contribution in [2.75, 3.05) is 4.90 Å². The standard InChI is InChI=1S/C16H10F2N2OS/c17-11-5-7-12(8-6-11)20-15(21)14(19-16(20)22)9-10-3-1-2-4-13(10)18/h1-9H,(H,19,22)/b14-9+. The van der Waals surface area contributed by atoms with Crippen molar-refractivity contribution in [3.63, 3.8) is 0 Å². The lowest BCUT2D eigenvalue weighted by molar-refractivity contribution is -0.113. The summed E-state index contributed by atoms with van der Waals surface area (Å²) in [7, 11) is 0. The Hall–Kier alpha value is -2.60. The van der Waals surface area contributed by atoms with Gasteiger partial charge in [0.25, 0.3) is 5.91 Å². The topological polar surface area (TPSA) is 32.3 Å². The first-order valence-corrected chi connectivity index (χ1v) is 6.84. The molecule has 1 aliphatic rings. The van der Waals surface area contributed by atoms with E-state index in [1.165, 1.54) is 41.3 Å². The number of amides is 1. The number of nitrogens with zero attached hydrogens (tertiary/aromatic N) is 1. The van der Waals surface area contributed by atoms with E-state index >= 15 is 0 Å². The summed E-state index contributed by atoms with van der Waals surface area (Å²) in [6.45, 7) is 0. The molecule has 1 N–H and O–H groups in total. The van der Waals surface area contributed by atoms with Crippen molar-refractivity contribution < 1.29 is 13.6 Å². The molecule has 0 spiro atoms. The second kappa shape index (κ2) is 5.65. The van der Waals surface area contributed by atoms with E-state index in [4.69, 9.17) is 12.2 Å². The second-order valence-electron chi connectivity index (χ2n) is 4.63. The van der Waals surface area contributed by atoms with Gasteiger partial charge in [-0.3, -0.25) is 9.69 Å². The van der Waals surface area contributed by atoms with Crippen molar-refractivity contribution in [3.05, 3.63) is 71.4 Å². The SMILES string of the molecule is O=C1/C(=C\c2ccccc2F)NC(=S)N1c1ccc(F)cc1. The van der Waals surface area contributed by atoms with Crippen LogP contribution in [-0.4, -0.2) is 11.0 Å². The number of halogens is 2. The molecule has 1 saturated heterocycles. The highest BCUT2D eigenvalue weighted by Gasteiger charge is 2.32. The van der Waals surface area contributed by atoms with Crippen LogP contribution in [-0.2, 0) is 4.79 Å². The molecule has 0 bridgehead atoms. The Labute approximate surface area is 130 Å². The first kappa shape index (κ1) is 14.3. The van der Waals surface area contributed by atoms with Crippen molar-refractivity contribution >= 4 is 35.0 Å². The summed E-state index contributed by atoms with van der Waals surface area (Å²) >= 11 is 5.12. The van der Waals surface area contributed by atoms with Crippen molar-refractivity contribution in [2.24, 2.45) is 0 Å². The van der Waals surface area contributed by atoms with Gasteiger partial charge in [-0.05, 0) is 48.6 Å². The van der Waals surface area contributed by atoms with Gasteiger partial charge in [0, 0.05) is 5.56 Å². The molecule has 0 unspecified atom stereocenters. The summed E-state index contributed by atoms with van der Waals surface area (Å²) in [6, 6.07) is 11.5. The predicted molar refractivity (Wildman–Crippen MR) is 84.0 cm³/mol. The highest BCUT2D eigenvalue weighted by atomic mass is 32.1. The monoisotopic (exact) mass is 316 g/mol. The molecule has 1 amide bonds. The molecule has 2 aromatic rings. The smallest absolute Gasteiger partial charge is 0.281 e. The van der Waals surface area contributed by atoms with E-state index in [0.717, 1.165) is 0 Å². The lowest BCUT2D eigenvalue weighted by atomic mass is 10.2. The summed E-state index contributed by atoms with van der Waals surface area (Å²) in [5, 5.41) is 2.92. The normalized spacial score (nSPS) is 16.3. The van der Waals surface area contributed by atoms with Crippen LogP contribution in [0.2, 0.25) is 0 Å². The number of benzene rings is 2. The molecule has 0 atom stereocenters. The van der Waals surface area contributed by atoms with Gasteiger partial charge in [-0.1, -0.05) is 18.2 Å². The number of thiocarbonyl (C=S) groups is 1. The summed E-state index contributed by atoms with van der Waals surface area (Å²) in [6.07, 6.45) is 1.40. The zero-order chi connectivity index (χ0) is 15.7. The molecular formula is C16H10F2N2OS. The Balaban J connectivity index is 1.95. The molecule has 3 rings (SSSR count). The van der Waals surface area contributed by atoms with E-state index in [1.54, 1.807) is 18.2 Å². The molecule has 6 heteroatoms. The van der Waals surface area contributed by atoms with Crippen LogP contribution in [0.5, 0.6) is 0 Å². The predicted octanol–water partition coefficient (Wildman–Crippen LogP) is 3.23. The molecule has 1 fully saturated rings. The van der Waals surface area contributed by atoms with Gasteiger partial charge in [0.1, 0.15) is 17.3 Å². The molecule has 1 heterocycles. The molecule has 22 heavy (non-hydrogen) atoms. The number of nitrogens with one attached hydrogen (secondary N) is 1. The largest absolute Gasteiger partial charge is 0.327 e. The van der Waals surface area contributed by atoms with E-state index in [1.807, 2.05) is 0 Å². The number of rotatable bonds is 2. The first-order valence-electron chi connectivity index (χ1n) is 6.43. The van der Waals surface area contributed by atoms with Crippen LogP contribution in [0.15, 0.2) is 54.2 Å². The molecule has 0 radical (unpaired) electrons. The first-order chi connectivity index (χ1) is 10.6. The molecule has 110 valence electrons. The van der Waals surface area contributed by atoms with Gasteiger partial charge < -0.3 is 5.32 Å². The quantitative estimate of drug-likeness (QED) is 0.682. The zero-order valence-electron chi connectivity index (χ0n) is 11.2. The average molecular weight is 316 g/mol. The van der Waals surface area contributed by atoms with Gasteiger partial charge in [-0.15, -0.1) is 0 Å². The van der Waals surface area contributed by atoms with Crippen molar-refractivity contribution in [1.29, 1.82) is 0 Å². The Kier molecular flexibility index (Phi) is 3.68. The average Bonchev–Trinajstić information content (AvgIpc) is 2.77. The third-order valence-electron chi connectivity index (χ3n) is 3.17. The van der Waals surface area contributed by atoms with E-state index in [9.17, 15) is 13.6 Å². The van der Waals surface area contributed by atoms with Gasteiger partial charge in [0.05, 0.1) is 5.69 Å². The number of anilines is 1.